The Kier molecular flexibility index (Phi) is 4.27. The number of hydrogen-bond donors (Lipinski definition) is 0. The van der Waals surface area contributed by atoms with Crippen LogP contribution in [0.4, 0.5) is 0 Å². The van der Waals surface area contributed by atoms with Crippen molar-refractivity contribution in [3.8, 4) is 5.88 Å². The monoisotopic (exact) mass is 222 g/mol. The van der Waals surface area contributed by atoms with Gasteiger partial charge in [-0.3, -0.25) is 4.98 Å². The molecule has 0 unspecified atom stereocenters. The molecule has 1 aromatic rings. The van der Waals surface area contributed by atoms with E-state index in [9.17, 15) is 0 Å². The fourth-order valence-corrected chi connectivity index (χ4v) is 1.66. The molecule has 0 aromatic carbocycles. The topological polar surface area (TPSA) is 35.0 Å². The van der Waals surface area contributed by atoms with E-state index in [1.54, 1.807) is 6.20 Å². The standard InChI is InChI=1S/C13H22N2O/c1-6-7-13(4,5)9-16-12-11(3)14-8-10(2)15-12/h8H,6-7,9H2,1-5H3. The molecule has 0 aliphatic carbocycles. The summed E-state index contributed by atoms with van der Waals surface area (Å²) in [6.07, 6.45) is 4.10. The number of nitrogens with zero attached hydrogens (tertiary/aromatic N) is 2. The van der Waals surface area contributed by atoms with Gasteiger partial charge in [0.25, 0.3) is 0 Å². The predicted molar refractivity (Wildman–Crippen MR) is 65.7 cm³/mol. The first-order valence-electron chi connectivity index (χ1n) is 5.87. The van der Waals surface area contributed by atoms with Crippen molar-refractivity contribution in [1.29, 1.82) is 0 Å². The third kappa shape index (κ3) is 3.80. The first-order valence-corrected chi connectivity index (χ1v) is 5.87. The number of ether oxygens (including phenoxy) is 1. The Bertz CT molecular complexity index is 348. The predicted octanol–water partition coefficient (Wildman–Crippen LogP) is 3.30. The van der Waals surface area contributed by atoms with Crippen LogP contribution in [0.15, 0.2) is 6.20 Å². The minimum Gasteiger partial charge on any atom is -0.476 e. The SMILES string of the molecule is CCCC(C)(C)COc1nc(C)cnc1C. The lowest BCUT2D eigenvalue weighted by Crippen LogP contribution is -2.21. The van der Waals surface area contributed by atoms with Crippen molar-refractivity contribution in [2.24, 2.45) is 5.41 Å². The molecular formula is C13H22N2O. The molecule has 16 heavy (non-hydrogen) atoms. The van der Waals surface area contributed by atoms with Gasteiger partial charge in [0, 0.05) is 6.20 Å². The lowest BCUT2D eigenvalue weighted by Gasteiger charge is -2.24. The molecule has 0 saturated heterocycles. The Hall–Kier alpha value is -1.12. The molecule has 3 nitrogen and oxygen atoms in total. The highest BCUT2D eigenvalue weighted by atomic mass is 16.5. The van der Waals surface area contributed by atoms with Crippen molar-refractivity contribution in [3.63, 3.8) is 0 Å². The van der Waals surface area contributed by atoms with Crippen LogP contribution in [0.2, 0.25) is 0 Å². The molecule has 0 bridgehead atoms. The van der Waals surface area contributed by atoms with E-state index in [1.807, 2.05) is 13.8 Å². The number of aryl methyl sites for hydroxylation is 2. The fourth-order valence-electron chi connectivity index (χ4n) is 1.66. The Morgan fingerprint density at radius 3 is 2.62 bits per heavy atom. The summed E-state index contributed by atoms with van der Waals surface area (Å²) in [4.78, 5) is 8.59. The van der Waals surface area contributed by atoms with Crippen LogP contribution < -0.4 is 4.74 Å². The maximum atomic E-state index is 5.76. The summed E-state index contributed by atoms with van der Waals surface area (Å²) in [5.41, 5.74) is 1.96. The van der Waals surface area contributed by atoms with Gasteiger partial charge in [-0.05, 0) is 25.7 Å². The number of hydrogen-bond acceptors (Lipinski definition) is 3. The van der Waals surface area contributed by atoms with Gasteiger partial charge in [0.1, 0.15) is 0 Å². The summed E-state index contributed by atoms with van der Waals surface area (Å²) in [5, 5.41) is 0. The molecule has 0 N–H and O–H groups in total. The third-order valence-electron chi connectivity index (χ3n) is 2.56. The lowest BCUT2D eigenvalue weighted by molar-refractivity contribution is 0.162. The Balaban J connectivity index is 2.63. The molecule has 1 heterocycles. The van der Waals surface area contributed by atoms with E-state index in [1.165, 1.54) is 6.42 Å². The molecule has 0 radical (unpaired) electrons. The van der Waals surface area contributed by atoms with Crippen LogP contribution in [0, 0.1) is 19.3 Å². The first kappa shape index (κ1) is 12.9. The van der Waals surface area contributed by atoms with Crippen LogP contribution in [-0.2, 0) is 0 Å². The molecule has 1 rings (SSSR count). The van der Waals surface area contributed by atoms with Gasteiger partial charge in [0.05, 0.1) is 18.0 Å². The summed E-state index contributed by atoms with van der Waals surface area (Å²) in [5.74, 6) is 0.671. The molecule has 3 heteroatoms. The average Bonchev–Trinajstić information content (AvgIpc) is 2.19. The van der Waals surface area contributed by atoms with E-state index in [0.29, 0.717) is 12.5 Å². The van der Waals surface area contributed by atoms with Gasteiger partial charge < -0.3 is 4.74 Å². The largest absolute Gasteiger partial charge is 0.476 e. The molecule has 0 aliphatic heterocycles. The van der Waals surface area contributed by atoms with E-state index >= 15 is 0 Å². The zero-order valence-corrected chi connectivity index (χ0v) is 11.0. The Morgan fingerprint density at radius 2 is 2.00 bits per heavy atom. The van der Waals surface area contributed by atoms with Gasteiger partial charge in [-0.1, -0.05) is 27.2 Å². The Morgan fingerprint density at radius 1 is 1.31 bits per heavy atom. The van der Waals surface area contributed by atoms with Gasteiger partial charge in [0.15, 0.2) is 0 Å². The van der Waals surface area contributed by atoms with Crippen LogP contribution in [0.3, 0.4) is 0 Å². The second-order valence-electron chi connectivity index (χ2n) is 5.10. The fraction of sp³-hybridized carbons (Fsp3) is 0.692. The summed E-state index contributed by atoms with van der Waals surface area (Å²) >= 11 is 0. The maximum absolute atomic E-state index is 5.76. The van der Waals surface area contributed by atoms with Crippen LogP contribution in [0.1, 0.15) is 45.0 Å². The minimum atomic E-state index is 0.201. The molecule has 0 saturated carbocycles. The number of aromatic nitrogens is 2. The quantitative estimate of drug-likeness (QED) is 0.766. The van der Waals surface area contributed by atoms with E-state index < -0.39 is 0 Å². The van der Waals surface area contributed by atoms with Crippen molar-refractivity contribution in [2.45, 2.75) is 47.5 Å². The summed E-state index contributed by atoms with van der Waals surface area (Å²) in [7, 11) is 0. The molecule has 0 aliphatic rings. The Labute approximate surface area is 98.3 Å². The third-order valence-corrected chi connectivity index (χ3v) is 2.56. The number of rotatable bonds is 5. The normalized spacial score (nSPS) is 11.6. The smallest absolute Gasteiger partial charge is 0.235 e. The summed E-state index contributed by atoms with van der Waals surface area (Å²) in [6, 6.07) is 0. The van der Waals surface area contributed by atoms with E-state index in [2.05, 4.69) is 30.7 Å². The van der Waals surface area contributed by atoms with Crippen LogP contribution >= 0.6 is 0 Å². The second kappa shape index (κ2) is 5.28. The molecule has 1 aromatic heterocycles. The highest BCUT2D eigenvalue weighted by Crippen LogP contribution is 2.24. The van der Waals surface area contributed by atoms with Crippen molar-refractivity contribution in [2.75, 3.05) is 6.61 Å². The average molecular weight is 222 g/mol. The van der Waals surface area contributed by atoms with Crippen molar-refractivity contribution >= 4 is 0 Å². The van der Waals surface area contributed by atoms with Gasteiger partial charge >= 0.3 is 0 Å². The molecular weight excluding hydrogens is 200 g/mol. The van der Waals surface area contributed by atoms with Crippen LogP contribution in [-0.4, -0.2) is 16.6 Å². The van der Waals surface area contributed by atoms with Gasteiger partial charge in [0.2, 0.25) is 5.88 Å². The first-order chi connectivity index (χ1) is 7.44. The van der Waals surface area contributed by atoms with Gasteiger partial charge in [-0.15, -0.1) is 0 Å². The summed E-state index contributed by atoms with van der Waals surface area (Å²) in [6.45, 7) is 11.2. The van der Waals surface area contributed by atoms with Gasteiger partial charge in [-0.2, -0.15) is 0 Å². The van der Waals surface area contributed by atoms with Crippen LogP contribution in [0.25, 0.3) is 0 Å². The molecule has 0 spiro atoms. The minimum absolute atomic E-state index is 0.201. The zero-order valence-electron chi connectivity index (χ0n) is 11.0. The second-order valence-corrected chi connectivity index (χ2v) is 5.10. The van der Waals surface area contributed by atoms with E-state index in [-0.39, 0.29) is 5.41 Å². The molecule has 90 valence electrons. The lowest BCUT2D eigenvalue weighted by atomic mass is 9.89. The highest BCUT2D eigenvalue weighted by Gasteiger charge is 2.18. The molecule has 0 atom stereocenters. The van der Waals surface area contributed by atoms with Crippen molar-refractivity contribution in [3.05, 3.63) is 17.6 Å². The van der Waals surface area contributed by atoms with Crippen LogP contribution in [0.5, 0.6) is 5.88 Å². The maximum Gasteiger partial charge on any atom is 0.235 e. The zero-order chi connectivity index (χ0) is 12.2. The highest BCUT2D eigenvalue weighted by molar-refractivity contribution is 5.18. The van der Waals surface area contributed by atoms with Crippen molar-refractivity contribution < 1.29 is 4.74 Å². The van der Waals surface area contributed by atoms with E-state index in [4.69, 9.17) is 4.74 Å². The van der Waals surface area contributed by atoms with Crippen molar-refractivity contribution in [1.82, 2.24) is 9.97 Å². The molecule has 0 fully saturated rings. The summed E-state index contributed by atoms with van der Waals surface area (Å²) < 4.78 is 5.76. The van der Waals surface area contributed by atoms with E-state index in [0.717, 1.165) is 17.8 Å². The molecule has 0 amide bonds. The van der Waals surface area contributed by atoms with Gasteiger partial charge in [-0.25, -0.2) is 4.98 Å².